The summed E-state index contributed by atoms with van der Waals surface area (Å²) in [5.41, 5.74) is 1.16. The van der Waals surface area contributed by atoms with Gasteiger partial charge in [-0.3, -0.25) is 0 Å². The van der Waals surface area contributed by atoms with Gasteiger partial charge in [0, 0.05) is 20.4 Å². The minimum absolute atomic E-state index is 0. The zero-order valence-corrected chi connectivity index (χ0v) is 15.8. The maximum atomic E-state index is 12.8. The van der Waals surface area contributed by atoms with Crippen LogP contribution in [0.3, 0.4) is 0 Å². The van der Waals surface area contributed by atoms with E-state index in [1.807, 2.05) is 12.1 Å². The Kier molecular flexibility index (Phi) is 7.83. The molecular weight excluding hydrogens is 361 g/mol. The summed E-state index contributed by atoms with van der Waals surface area (Å²) >= 11 is 0. The Balaban J connectivity index is 0.00000361. The summed E-state index contributed by atoms with van der Waals surface area (Å²) in [7, 11) is -0.200. The molecule has 0 aliphatic heterocycles. The van der Waals surface area contributed by atoms with E-state index in [4.69, 9.17) is 0 Å². The van der Waals surface area contributed by atoms with Crippen LogP contribution >= 0.6 is 7.92 Å². The van der Waals surface area contributed by atoms with E-state index in [1.54, 1.807) is 0 Å². The predicted molar refractivity (Wildman–Crippen MR) is 85.7 cm³/mol. The number of benzene rings is 1. The summed E-state index contributed by atoms with van der Waals surface area (Å²) in [6, 6.07) is 6.77. The van der Waals surface area contributed by atoms with Gasteiger partial charge in [-0.2, -0.15) is 0 Å². The summed E-state index contributed by atoms with van der Waals surface area (Å²) < 4.78 is 12.8. The van der Waals surface area contributed by atoms with Crippen molar-refractivity contribution < 1.29 is 24.8 Å². The normalized spacial score (nSPS) is 12.8. The van der Waals surface area contributed by atoms with Gasteiger partial charge < -0.3 is 0 Å². The zero-order chi connectivity index (χ0) is 14.7. The van der Waals surface area contributed by atoms with Crippen molar-refractivity contribution in [3.05, 3.63) is 47.5 Å². The number of rotatable bonds is 3. The first-order valence-corrected chi connectivity index (χ1v) is 8.22. The predicted octanol–water partition coefficient (Wildman–Crippen LogP) is 5.96. The van der Waals surface area contributed by atoms with E-state index in [2.05, 4.69) is 53.4 Å². The molecule has 0 N–H and O–H groups in total. The third-order valence-corrected chi connectivity index (χ3v) is 6.37. The van der Waals surface area contributed by atoms with Gasteiger partial charge in [-0.1, -0.05) is 73.5 Å². The van der Waals surface area contributed by atoms with Crippen molar-refractivity contribution in [2.45, 2.75) is 58.3 Å². The molecule has 0 aromatic heterocycles. The molecule has 0 spiro atoms. The van der Waals surface area contributed by atoms with Crippen LogP contribution in [-0.4, -0.2) is 10.3 Å². The van der Waals surface area contributed by atoms with Crippen molar-refractivity contribution in [2.75, 3.05) is 0 Å². The Morgan fingerprint density at radius 3 is 1.80 bits per heavy atom. The Labute approximate surface area is 138 Å². The fourth-order valence-corrected chi connectivity index (χ4v) is 5.59. The molecule has 0 atom stereocenters. The van der Waals surface area contributed by atoms with Gasteiger partial charge in [-0.05, 0) is 34.4 Å². The first-order valence-electron chi connectivity index (χ1n) is 6.81. The van der Waals surface area contributed by atoms with Crippen molar-refractivity contribution in [2.24, 2.45) is 0 Å². The van der Waals surface area contributed by atoms with E-state index >= 15 is 0 Å². The van der Waals surface area contributed by atoms with Crippen LogP contribution in [0.15, 0.2) is 36.2 Å². The van der Waals surface area contributed by atoms with Gasteiger partial charge in [-0.25, -0.2) is 4.39 Å². The molecule has 0 bridgehead atoms. The van der Waals surface area contributed by atoms with Crippen LogP contribution in [0.25, 0.3) is 0 Å². The number of hydrogen-bond acceptors (Lipinski definition) is 0. The van der Waals surface area contributed by atoms with Crippen LogP contribution in [0.4, 0.5) is 4.39 Å². The van der Waals surface area contributed by atoms with E-state index in [-0.39, 0.29) is 34.2 Å². The summed E-state index contributed by atoms with van der Waals surface area (Å²) in [6.45, 7) is 13.9. The molecule has 0 heterocycles. The molecule has 1 aromatic carbocycles. The molecule has 0 aliphatic rings. The zero-order valence-electron chi connectivity index (χ0n) is 13.3. The Hall–Kier alpha value is -0.0177. The fraction of sp³-hybridized carbons (Fsp3) is 0.529. The molecule has 0 saturated carbocycles. The molecule has 0 amide bonds. The van der Waals surface area contributed by atoms with Gasteiger partial charge in [0.05, 0.1) is 0 Å². The minimum atomic E-state index is -0.200. The molecule has 0 nitrogen and oxygen atoms in total. The van der Waals surface area contributed by atoms with Gasteiger partial charge in [0.15, 0.2) is 0 Å². The summed E-state index contributed by atoms with van der Waals surface area (Å²) in [4.78, 5) is 0. The van der Waals surface area contributed by atoms with E-state index < -0.39 is 0 Å². The second kappa shape index (κ2) is 7.84. The van der Waals surface area contributed by atoms with Crippen LogP contribution in [0.1, 0.15) is 47.1 Å². The van der Waals surface area contributed by atoms with Crippen molar-refractivity contribution >= 4 is 7.92 Å². The first-order chi connectivity index (χ1) is 8.60. The van der Waals surface area contributed by atoms with Crippen LogP contribution in [-0.2, 0) is 26.8 Å². The molecule has 3 heteroatoms. The van der Waals surface area contributed by atoms with Crippen LogP contribution in [0.2, 0.25) is 0 Å². The van der Waals surface area contributed by atoms with Crippen molar-refractivity contribution in [1.29, 1.82) is 0 Å². The molecule has 0 saturated heterocycles. The van der Waals surface area contributed by atoms with E-state index in [9.17, 15) is 4.39 Å². The SMILES string of the molecule is CC(C)(C)P(C=CCc1ccc(F)cc1)C(C)(C)C.[Pd]. The molecule has 0 aliphatic carbocycles. The Morgan fingerprint density at radius 1 is 0.950 bits per heavy atom. The van der Waals surface area contributed by atoms with Gasteiger partial charge in [0.2, 0.25) is 0 Å². The smallest absolute Gasteiger partial charge is 0.123 e. The molecule has 0 radical (unpaired) electrons. The first kappa shape index (κ1) is 20.0. The second-order valence-electron chi connectivity index (χ2n) is 6.93. The van der Waals surface area contributed by atoms with E-state index in [0.29, 0.717) is 10.3 Å². The minimum Gasteiger partial charge on any atom is -0.207 e. The molecule has 1 aromatic rings. The summed E-state index contributed by atoms with van der Waals surface area (Å²) in [6.07, 6.45) is 3.13. The van der Waals surface area contributed by atoms with Crippen molar-refractivity contribution in [1.82, 2.24) is 0 Å². The molecule has 0 fully saturated rings. The summed E-state index contributed by atoms with van der Waals surface area (Å²) in [5, 5.41) is 0.625. The van der Waals surface area contributed by atoms with Crippen LogP contribution < -0.4 is 0 Å². The third-order valence-electron chi connectivity index (χ3n) is 2.97. The standard InChI is InChI=1S/C17H26FP.Pd/c1-16(2,3)19(17(4,5)6)13-7-8-14-9-11-15(18)12-10-14;/h7,9-13H,8H2,1-6H3;. The topological polar surface area (TPSA) is 0 Å². The fourth-order valence-electron chi connectivity index (χ4n) is 2.37. The maximum absolute atomic E-state index is 12.8. The molecular formula is C17H26FPPd. The van der Waals surface area contributed by atoms with Crippen LogP contribution in [0, 0.1) is 5.82 Å². The Bertz CT molecular complexity index is 410. The molecule has 0 unspecified atom stereocenters. The quantitative estimate of drug-likeness (QED) is 0.444. The summed E-state index contributed by atoms with van der Waals surface area (Å²) in [5.74, 6) is 2.22. The van der Waals surface area contributed by atoms with Gasteiger partial charge in [-0.15, -0.1) is 0 Å². The van der Waals surface area contributed by atoms with Gasteiger partial charge >= 0.3 is 0 Å². The number of hydrogen-bond donors (Lipinski definition) is 0. The Morgan fingerprint density at radius 2 is 1.40 bits per heavy atom. The monoisotopic (exact) mass is 386 g/mol. The second-order valence-corrected chi connectivity index (χ2v) is 10.6. The number of halogens is 1. The van der Waals surface area contributed by atoms with E-state index in [1.165, 1.54) is 12.1 Å². The maximum Gasteiger partial charge on any atom is 0.123 e. The average Bonchev–Trinajstić information content (AvgIpc) is 2.23. The van der Waals surface area contributed by atoms with Gasteiger partial charge in [0.25, 0.3) is 0 Å². The van der Waals surface area contributed by atoms with E-state index in [0.717, 1.165) is 12.0 Å². The van der Waals surface area contributed by atoms with Gasteiger partial charge in [0.1, 0.15) is 5.82 Å². The molecule has 116 valence electrons. The average molecular weight is 387 g/mol. The third kappa shape index (κ3) is 6.62. The molecule has 20 heavy (non-hydrogen) atoms. The van der Waals surface area contributed by atoms with Crippen molar-refractivity contribution in [3.8, 4) is 0 Å². The largest absolute Gasteiger partial charge is 0.207 e. The number of allylic oxidation sites excluding steroid dienone is 1. The molecule has 1 rings (SSSR count). The van der Waals surface area contributed by atoms with Crippen molar-refractivity contribution in [3.63, 3.8) is 0 Å². The van der Waals surface area contributed by atoms with Crippen LogP contribution in [0.5, 0.6) is 0 Å².